The molecule has 1 aliphatic heterocycles. The fourth-order valence-corrected chi connectivity index (χ4v) is 3.68. The van der Waals surface area contributed by atoms with E-state index in [-0.39, 0.29) is 5.91 Å². The van der Waals surface area contributed by atoms with Gasteiger partial charge in [-0.1, -0.05) is 18.2 Å². The lowest BCUT2D eigenvalue weighted by Crippen LogP contribution is -2.37. The molecule has 0 aromatic heterocycles. The molecule has 1 aromatic carbocycles. The van der Waals surface area contributed by atoms with Gasteiger partial charge >= 0.3 is 0 Å². The normalized spacial score (nSPS) is 19.9. The topological polar surface area (TPSA) is 46.3 Å². The number of hydrogen-bond donors (Lipinski definition) is 1. The Morgan fingerprint density at radius 2 is 2.15 bits per heavy atom. The predicted octanol–water partition coefficient (Wildman–Crippen LogP) is 2.76. The van der Waals surface area contributed by atoms with Crippen LogP contribution in [-0.2, 0) is 4.79 Å². The van der Waals surface area contributed by atoms with Gasteiger partial charge in [0.1, 0.15) is 0 Å². The molecule has 4 heteroatoms. The Morgan fingerprint density at radius 3 is 2.90 bits per heavy atom. The van der Waals surface area contributed by atoms with Crippen molar-refractivity contribution in [1.29, 1.82) is 0 Å². The van der Waals surface area contributed by atoms with E-state index in [1.165, 1.54) is 24.3 Å². The molecule has 0 spiro atoms. The molecular formula is C16H24N2OS. The maximum atomic E-state index is 10.9. The minimum atomic E-state index is -0.165. The monoisotopic (exact) mass is 292 g/mol. The maximum Gasteiger partial charge on any atom is 0.217 e. The molecule has 1 fully saturated rings. The summed E-state index contributed by atoms with van der Waals surface area (Å²) in [6.45, 7) is 3.46. The largest absolute Gasteiger partial charge is 0.370 e. The van der Waals surface area contributed by atoms with Crippen molar-refractivity contribution in [2.24, 2.45) is 11.7 Å². The molecule has 1 heterocycles. The van der Waals surface area contributed by atoms with E-state index in [0.717, 1.165) is 25.3 Å². The molecule has 20 heavy (non-hydrogen) atoms. The molecular weight excluding hydrogens is 268 g/mol. The average molecular weight is 292 g/mol. The molecule has 0 bridgehead atoms. The number of rotatable bonds is 7. The SMILES string of the molecule is NC(=O)CCC1CCCN(CCSc2ccccc2)C1. The standard InChI is InChI=1S/C16H24N2OS/c17-16(19)9-8-14-5-4-10-18(13-14)11-12-20-15-6-2-1-3-7-15/h1-3,6-7,14H,4-5,8-13H2,(H2,17,19). The first-order chi connectivity index (χ1) is 9.74. The van der Waals surface area contributed by atoms with Crippen LogP contribution in [0.2, 0.25) is 0 Å². The molecule has 1 amide bonds. The number of nitrogens with two attached hydrogens (primary N) is 1. The molecule has 1 aliphatic rings. The zero-order valence-corrected chi connectivity index (χ0v) is 12.8. The highest BCUT2D eigenvalue weighted by molar-refractivity contribution is 7.99. The Labute approximate surface area is 125 Å². The van der Waals surface area contributed by atoms with Gasteiger partial charge in [-0.15, -0.1) is 11.8 Å². The molecule has 1 atom stereocenters. The lowest BCUT2D eigenvalue weighted by Gasteiger charge is -2.32. The summed E-state index contributed by atoms with van der Waals surface area (Å²) >= 11 is 1.92. The fourth-order valence-electron chi connectivity index (χ4n) is 2.75. The first kappa shape index (κ1) is 15.4. The van der Waals surface area contributed by atoms with Crippen LogP contribution < -0.4 is 5.73 Å². The van der Waals surface area contributed by atoms with E-state index >= 15 is 0 Å². The summed E-state index contributed by atoms with van der Waals surface area (Å²) in [5, 5.41) is 0. The van der Waals surface area contributed by atoms with Crippen LogP contribution in [0.4, 0.5) is 0 Å². The molecule has 3 nitrogen and oxygen atoms in total. The molecule has 2 rings (SSSR count). The molecule has 0 aliphatic carbocycles. The van der Waals surface area contributed by atoms with Crippen LogP contribution >= 0.6 is 11.8 Å². The highest BCUT2D eigenvalue weighted by atomic mass is 32.2. The zero-order chi connectivity index (χ0) is 14.2. The number of likely N-dealkylation sites (tertiary alicyclic amines) is 1. The lowest BCUT2D eigenvalue weighted by atomic mass is 9.93. The van der Waals surface area contributed by atoms with Gasteiger partial charge < -0.3 is 10.6 Å². The maximum absolute atomic E-state index is 10.9. The second kappa shape index (κ2) is 8.32. The number of piperidine rings is 1. The van der Waals surface area contributed by atoms with Crippen LogP contribution in [-0.4, -0.2) is 36.2 Å². The van der Waals surface area contributed by atoms with E-state index in [1.807, 2.05) is 11.8 Å². The number of carbonyl (C=O) groups excluding carboxylic acids is 1. The van der Waals surface area contributed by atoms with Crippen molar-refractivity contribution in [2.45, 2.75) is 30.6 Å². The number of benzene rings is 1. The second-order valence-electron chi connectivity index (χ2n) is 5.48. The van der Waals surface area contributed by atoms with Gasteiger partial charge in [0.2, 0.25) is 5.91 Å². The Hall–Kier alpha value is -1.00. The lowest BCUT2D eigenvalue weighted by molar-refractivity contribution is -0.118. The smallest absolute Gasteiger partial charge is 0.217 e. The van der Waals surface area contributed by atoms with Crippen molar-refractivity contribution < 1.29 is 4.79 Å². The number of primary amides is 1. The van der Waals surface area contributed by atoms with Crippen LogP contribution in [0.3, 0.4) is 0 Å². The van der Waals surface area contributed by atoms with E-state index in [4.69, 9.17) is 5.73 Å². The minimum Gasteiger partial charge on any atom is -0.370 e. The molecule has 2 N–H and O–H groups in total. The molecule has 1 aromatic rings. The van der Waals surface area contributed by atoms with Gasteiger partial charge in [0, 0.05) is 30.2 Å². The molecule has 0 saturated carbocycles. The number of thioether (sulfide) groups is 1. The van der Waals surface area contributed by atoms with E-state index in [0.29, 0.717) is 12.3 Å². The summed E-state index contributed by atoms with van der Waals surface area (Å²) in [7, 11) is 0. The third-order valence-electron chi connectivity index (χ3n) is 3.82. The van der Waals surface area contributed by atoms with Crippen molar-refractivity contribution in [3.8, 4) is 0 Å². The van der Waals surface area contributed by atoms with E-state index in [2.05, 4.69) is 35.2 Å². The summed E-state index contributed by atoms with van der Waals surface area (Å²) in [5.41, 5.74) is 5.23. The second-order valence-corrected chi connectivity index (χ2v) is 6.64. The highest BCUT2D eigenvalue weighted by Crippen LogP contribution is 2.22. The van der Waals surface area contributed by atoms with Crippen LogP contribution in [0.5, 0.6) is 0 Å². The molecule has 0 radical (unpaired) electrons. The summed E-state index contributed by atoms with van der Waals surface area (Å²) < 4.78 is 0. The summed E-state index contributed by atoms with van der Waals surface area (Å²) in [6.07, 6.45) is 3.99. The van der Waals surface area contributed by atoms with Crippen LogP contribution in [0.25, 0.3) is 0 Å². The first-order valence-electron chi connectivity index (χ1n) is 7.42. The third kappa shape index (κ3) is 5.55. The quantitative estimate of drug-likeness (QED) is 0.786. The average Bonchev–Trinajstić information content (AvgIpc) is 2.47. The number of hydrogen-bond acceptors (Lipinski definition) is 3. The summed E-state index contributed by atoms with van der Waals surface area (Å²) in [5.74, 6) is 1.62. The van der Waals surface area contributed by atoms with Gasteiger partial charge in [-0.25, -0.2) is 0 Å². The van der Waals surface area contributed by atoms with E-state index in [1.54, 1.807) is 0 Å². The molecule has 110 valence electrons. The van der Waals surface area contributed by atoms with Gasteiger partial charge in [-0.3, -0.25) is 4.79 Å². The molecule has 1 unspecified atom stereocenters. The third-order valence-corrected chi connectivity index (χ3v) is 4.81. The summed E-state index contributed by atoms with van der Waals surface area (Å²) in [4.78, 5) is 14.7. The zero-order valence-electron chi connectivity index (χ0n) is 12.0. The van der Waals surface area contributed by atoms with E-state index < -0.39 is 0 Å². The van der Waals surface area contributed by atoms with Gasteiger partial charge in [-0.2, -0.15) is 0 Å². The predicted molar refractivity (Wildman–Crippen MR) is 84.8 cm³/mol. The van der Waals surface area contributed by atoms with Crippen molar-refractivity contribution >= 4 is 17.7 Å². The van der Waals surface area contributed by atoms with E-state index in [9.17, 15) is 4.79 Å². The fraction of sp³-hybridized carbons (Fsp3) is 0.562. The van der Waals surface area contributed by atoms with Crippen LogP contribution in [0.15, 0.2) is 35.2 Å². The summed E-state index contributed by atoms with van der Waals surface area (Å²) in [6, 6.07) is 10.6. The van der Waals surface area contributed by atoms with Crippen molar-refractivity contribution in [3.05, 3.63) is 30.3 Å². The number of carbonyl (C=O) groups is 1. The van der Waals surface area contributed by atoms with Gasteiger partial charge in [-0.05, 0) is 43.9 Å². The van der Waals surface area contributed by atoms with Gasteiger partial charge in [0.05, 0.1) is 0 Å². The minimum absolute atomic E-state index is 0.165. The van der Waals surface area contributed by atoms with Crippen LogP contribution in [0.1, 0.15) is 25.7 Å². The Balaban J connectivity index is 1.66. The van der Waals surface area contributed by atoms with Gasteiger partial charge in [0.25, 0.3) is 0 Å². The highest BCUT2D eigenvalue weighted by Gasteiger charge is 2.19. The molecule has 1 saturated heterocycles. The van der Waals surface area contributed by atoms with Crippen molar-refractivity contribution in [2.75, 3.05) is 25.4 Å². The Bertz CT molecular complexity index is 410. The Kier molecular flexibility index (Phi) is 6.40. The number of nitrogens with zero attached hydrogens (tertiary/aromatic N) is 1. The Morgan fingerprint density at radius 1 is 1.35 bits per heavy atom. The van der Waals surface area contributed by atoms with Crippen molar-refractivity contribution in [1.82, 2.24) is 4.90 Å². The van der Waals surface area contributed by atoms with Crippen LogP contribution in [0, 0.1) is 5.92 Å². The first-order valence-corrected chi connectivity index (χ1v) is 8.41. The number of amides is 1. The van der Waals surface area contributed by atoms with Gasteiger partial charge in [0.15, 0.2) is 0 Å². The van der Waals surface area contributed by atoms with Crippen molar-refractivity contribution in [3.63, 3.8) is 0 Å².